The molecule has 15 heavy (non-hydrogen) atoms. The minimum Gasteiger partial charge on any atom is -0.755 e. The maximum atomic E-state index is 11.3. The van der Waals surface area contributed by atoms with Crippen LogP contribution in [-0.2, 0) is 23.1 Å². The Morgan fingerprint density at radius 1 is 1.80 bits per heavy atom. The summed E-state index contributed by atoms with van der Waals surface area (Å²) in [5, 5.41) is 3.77. The highest BCUT2D eigenvalue weighted by atomic mass is 32.2. The van der Waals surface area contributed by atoms with Crippen LogP contribution in [0.15, 0.2) is 6.20 Å². The molecule has 0 saturated carbocycles. The second kappa shape index (κ2) is 4.89. The molecular weight excluding hydrogens is 222 g/mol. The van der Waals surface area contributed by atoms with Gasteiger partial charge in [0.1, 0.15) is 5.56 Å². The van der Waals surface area contributed by atoms with Crippen LogP contribution in [-0.4, -0.2) is 31.1 Å². The molecule has 1 rings (SSSR count). The minimum atomic E-state index is -2.52. The van der Waals surface area contributed by atoms with Crippen LogP contribution < -0.4 is 4.72 Å². The van der Waals surface area contributed by atoms with E-state index in [9.17, 15) is 13.6 Å². The molecule has 7 nitrogen and oxygen atoms in total. The lowest BCUT2D eigenvalue weighted by Crippen LogP contribution is -2.10. The van der Waals surface area contributed by atoms with Gasteiger partial charge in [0, 0.05) is 24.5 Å². The molecule has 0 aliphatic heterocycles. The van der Waals surface area contributed by atoms with Gasteiger partial charge < -0.3 is 9.29 Å². The van der Waals surface area contributed by atoms with E-state index >= 15 is 0 Å². The summed E-state index contributed by atoms with van der Waals surface area (Å²) in [5.74, 6) is -0.650. The lowest BCUT2D eigenvalue weighted by molar-refractivity contribution is 0.0527. The van der Waals surface area contributed by atoms with Gasteiger partial charge in [-0.1, -0.05) is 0 Å². The molecule has 0 aromatic carbocycles. The van der Waals surface area contributed by atoms with E-state index in [4.69, 9.17) is 4.74 Å². The van der Waals surface area contributed by atoms with E-state index in [1.807, 2.05) is 4.72 Å². The molecule has 0 fully saturated rings. The molecule has 1 unspecified atom stereocenters. The van der Waals surface area contributed by atoms with Crippen molar-refractivity contribution in [1.82, 2.24) is 9.78 Å². The number of carbonyl (C=O) groups is 1. The normalized spacial score (nSPS) is 12.2. The largest absolute Gasteiger partial charge is 0.755 e. The van der Waals surface area contributed by atoms with Crippen LogP contribution in [0.3, 0.4) is 0 Å². The Bertz CT molecular complexity index is 390. The average molecular weight is 232 g/mol. The van der Waals surface area contributed by atoms with Crippen molar-refractivity contribution in [3.63, 3.8) is 0 Å². The first-order valence-electron chi connectivity index (χ1n) is 4.11. The number of ether oxygens (including phenoxy) is 1. The second-order valence-electron chi connectivity index (χ2n) is 2.62. The van der Waals surface area contributed by atoms with Gasteiger partial charge in [0.25, 0.3) is 0 Å². The van der Waals surface area contributed by atoms with Crippen molar-refractivity contribution in [2.45, 2.75) is 6.92 Å². The molecule has 0 radical (unpaired) electrons. The number of nitrogens with zero attached hydrogens (tertiary/aromatic N) is 2. The zero-order valence-corrected chi connectivity index (χ0v) is 9.04. The molecule has 1 aromatic rings. The molecule has 0 bridgehead atoms. The number of hydrogen-bond donors (Lipinski definition) is 1. The first-order chi connectivity index (χ1) is 7.04. The van der Waals surface area contributed by atoms with Gasteiger partial charge in [-0.05, 0) is 6.92 Å². The van der Waals surface area contributed by atoms with E-state index in [0.717, 1.165) is 0 Å². The third-order valence-corrected chi connectivity index (χ3v) is 1.86. The molecule has 8 heteroatoms. The number of rotatable bonds is 4. The SMILES string of the molecule is CCOC(=O)c1cn(C)nc1NS(=O)[O-]. The lowest BCUT2D eigenvalue weighted by atomic mass is 10.3. The molecule has 84 valence electrons. The number of carbonyl (C=O) groups excluding carboxylic acids is 1. The second-order valence-corrected chi connectivity index (χ2v) is 3.30. The third-order valence-electron chi connectivity index (χ3n) is 1.50. The van der Waals surface area contributed by atoms with Crippen LogP contribution in [0.2, 0.25) is 0 Å². The monoisotopic (exact) mass is 232 g/mol. The molecule has 0 amide bonds. The van der Waals surface area contributed by atoms with Gasteiger partial charge >= 0.3 is 5.97 Å². The maximum Gasteiger partial charge on any atom is 0.343 e. The first kappa shape index (κ1) is 11.7. The smallest absolute Gasteiger partial charge is 0.343 e. The standard InChI is InChI=1S/C7H11N3O4S/c1-3-14-7(11)5-4-10(2)8-6(5)9-15(12)13/h4H,3H2,1-2H3,(H,8,9)(H,12,13)/p-1. The Morgan fingerprint density at radius 2 is 2.47 bits per heavy atom. The van der Waals surface area contributed by atoms with Gasteiger partial charge in [-0.2, -0.15) is 5.10 Å². The van der Waals surface area contributed by atoms with Crippen LogP contribution in [0.4, 0.5) is 5.82 Å². The fourth-order valence-corrected chi connectivity index (χ4v) is 1.31. The van der Waals surface area contributed by atoms with E-state index in [0.29, 0.717) is 0 Å². The molecule has 0 aliphatic rings. The Morgan fingerprint density at radius 3 is 3.00 bits per heavy atom. The predicted octanol–water partition coefficient (Wildman–Crippen LogP) is -0.197. The van der Waals surface area contributed by atoms with Gasteiger partial charge in [-0.3, -0.25) is 13.6 Å². The summed E-state index contributed by atoms with van der Waals surface area (Å²) in [5.41, 5.74) is 0.0866. The fourth-order valence-electron chi connectivity index (χ4n) is 1.00. The van der Waals surface area contributed by atoms with Crippen molar-refractivity contribution in [3.8, 4) is 0 Å². The molecule has 0 aliphatic carbocycles. The third kappa shape index (κ3) is 3.03. The maximum absolute atomic E-state index is 11.3. The quantitative estimate of drug-likeness (QED) is 0.573. The van der Waals surface area contributed by atoms with Crippen LogP contribution in [0.1, 0.15) is 17.3 Å². The van der Waals surface area contributed by atoms with E-state index < -0.39 is 17.2 Å². The van der Waals surface area contributed by atoms with Gasteiger partial charge in [0.05, 0.1) is 6.61 Å². The summed E-state index contributed by atoms with van der Waals surface area (Å²) < 4.78 is 28.9. The van der Waals surface area contributed by atoms with Crippen molar-refractivity contribution in [3.05, 3.63) is 11.8 Å². The Hall–Kier alpha value is -1.41. The highest BCUT2D eigenvalue weighted by Gasteiger charge is 2.16. The van der Waals surface area contributed by atoms with Crippen molar-refractivity contribution >= 4 is 23.1 Å². The number of hydrogen-bond acceptors (Lipinski definition) is 5. The van der Waals surface area contributed by atoms with E-state index in [2.05, 4.69) is 5.10 Å². The first-order valence-corrected chi connectivity index (χ1v) is 5.18. The van der Waals surface area contributed by atoms with Crippen LogP contribution >= 0.6 is 0 Å². The summed E-state index contributed by atoms with van der Waals surface area (Å²) in [4.78, 5) is 11.3. The number of aryl methyl sites for hydroxylation is 1. The fraction of sp³-hybridized carbons (Fsp3) is 0.429. The molecule has 1 N–H and O–H groups in total. The number of anilines is 1. The summed E-state index contributed by atoms with van der Waals surface area (Å²) in [6.07, 6.45) is 1.38. The topological polar surface area (TPSA) is 96.3 Å². The highest BCUT2D eigenvalue weighted by Crippen LogP contribution is 2.14. The number of aromatic nitrogens is 2. The van der Waals surface area contributed by atoms with E-state index in [-0.39, 0.29) is 18.0 Å². The molecule has 0 saturated heterocycles. The van der Waals surface area contributed by atoms with Crippen LogP contribution in [0.5, 0.6) is 0 Å². The Balaban J connectivity index is 2.95. The van der Waals surface area contributed by atoms with Crippen molar-refractivity contribution < 1.29 is 18.3 Å². The van der Waals surface area contributed by atoms with Gasteiger partial charge in [0.15, 0.2) is 5.82 Å². The van der Waals surface area contributed by atoms with Crippen molar-refractivity contribution in [1.29, 1.82) is 0 Å². The predicted molar refractivity (Wildman–Crippen MR) is 51.7 cm³/mol. The summed E-state index contributed by atoms with van der Waals surface area (Å²) >= 11 is -2.52. The summed E-state index contributed by atoms with van der Waals surface area (Å²) in [6.45, 7) is 1.88. The van der Waals surface area contributed by atoms with Crippen molar-refractivity contribution in [2.24, 2.45) is 7.05 Å². The van der Waals surface area contributed by atoms with Crippen molar-refractivity contribution in [2.75, 3.05) is 11.3 Å². The highest BCUT2D eigenvalue weighted by molar-refractivity contribution is 7.80. The van der Waals surface area contributed by atoms with Gasteiger partial charge in [-0.25, -0.2) is 4.79 Å². The molecule has 0 spiro atoms. The Kier molecular flexibility index (Phi) is 3.81. The van der Waals surface area contributed by atoms with Gasteiger partial charge in [-0.15, -0.1) is 0 Å². The van der Waals surface area contributed by atoms with Crippen LogP contribution in [0, 0.1) is 0 Å². The van der Waals surface area contributed by atoms with Gasteiger partial charge in [0.2, 0.25) is 0 Å². The average Bonchev–Trinajstić information content (AvgIpc) is 2.46. The van der Waals surface area contributed by atoms with Crippen LogP contribution in [0.25, 0.3) is 0 Å². The number of esters is 1. The summed E-state index contributed by atoms with van der Waals surface area (Å²) in [7, 11) is 1.57. The molecule has 1 atom stereocenters. The van der Waals surface area contributed by atoms with E-state index in [1.165, 1.54) is 10.9 Å². The molecule has 1 aromatic heterocycles. The zero-order chi connectivity index (χ0) is 11.4. The summed E-state index contributed by atoms with van der Waals surface area (Å²) in [6, 6.07) is 0. The number of nitrogens with one attached hydrogen (secondary N) is 1. The van der Waals surface area contributed by atoms with E-state index in [1.54, 1.807) is 14.0 Å². The molecular formula is C7H10N3O4S-. The zero-order valence-electron chi connectivity index (χ0n) is 8.22. The lowest BCUT2D eigenvalue weighted by Gasteiger charge is -2.06. The molecule has 1 heterocycles. The Labute approximate surface area is 88.8 Å². The minimum absolute atomic E-state index is 0.0377.